The number of benzene rings is 1. The fourth-order valence-corrected chi connectivity index (χ4v) is 1.79. The average Bonchev–Trinajstić information content (AvgIpc) is 2.27. The smallest absolute Gasteiger partial charge is 0.307 e. The monoisotopic (exact) mass is 253 g/mol. The molecule has 100 valence electrons. The van der Waals surface area contributed by atoms with Crippen molar-refractivity contribution in [3.05, 3.63) is 23.8 Å². The maximum atomic E-state index is 10.8. The van der Waals surface area contributed by atoms with Crippen molar-refractivity contribution in [2.75, 3.05) is 13.6 Å². The fraction of sp³-hybridized carbons (Fsp3) is 0.462. The zero-order chi connectivity index (χ0) is 13.9. The van der Waals surface area contributed by atoms with E-state index in [1.165, 1.54) is 12.1 Å². The second kappa shape index (κ2) is 5.73. The molecule has 0 aliphatic rings. The minimum Gasteiger partial charge on any atom is -0.508 e. The highest BCUT2D eigenvalue weighted by Gasteiger charge is 2.20. The predicted octanol–water partition coefficient (Wildman–Crippen LogP) is 1.81. The van der Waals surface area contributed by atoms with E-state index in [4.69, 9.17) is 5.11 Å². The quantitative estimate of drug-likeness (QED) is 0.745. The van der Waals surface area contributed by atoms with Crippen LogP contribution in [0.3, 0.4) is 0 Å². The molecule has 0 fully saturated rings. The second-order valence-corrected chi connectivity index (χ2v) is 4.60. The van der Waals surface area contributed by atoms with Crippen LogP contribution in [0.2, 0.25) is 0 Å². The van der Waals surface area contributed by atoms with Gasteiger partial charge in [0.05, 0.1) is 5.92 Å². The van der Waals surface area contributed by atoms with Gasteiger partial charge in [0.2, 0.25) is 0 Å². The fourth-order valence-electron chi connectivity index (χ4n) is 1.79. The summed E-state index contributed by atoms with van der Waals surface area (Å²) in [7, 11) is 1.80. The van der Waals surface area contributed by atoms with Crippen LogP contribution in [0.5, 0.6) is 11.5 Å². The Bertz CT molecular complexity index is 433. The molecule has 2 atom stereocenters. The van der Waals surface area contributed by atoms with Gasteiger partial charge in [-0.15, -0.1) is 0 Å². The predicted molar refractivity (Wildman–Crippen MR) is 67.6 cm³/mol. The van der Waals surface area contributed by atoms with Crippen molar-refractivity contribution in [2.45, 2.75) is 19.9 Å². The lowest BCUT2D eigenvalue weighted by atomic mass is 10.0. The Balaban J connectivity index is 2.80. The largest absolute Gasteiger partial charge is 0.508 e. The number of hydrogen-bond acceptors (Lipinski definition) is 4. The summed E-state index contributed by atoms with van der Waals surface area (Å²) in [4.78, 5) is 12.6. The van der Waals surface area contributed by atoms with Crippen molar-refractivity contribution in [1.29, 1.82) is 0 Å². The molecule has 0 aliphatic carbocycles. The molecule has 18 heavy (non-hydrogen) atoms. The van der Waals surface area contributed by atoms with Crippen molar-refractivity contribution in [1.82, 2.24) is 4.90 Å². The highest BCUT2D eigenvalue weighted by molar-refractivity contribution is 5.69. The standard InChI is InChI=1S/C13H19NO4/c1-8(13(17)18)7-14(3)9(2)11-5-4-10(15)6-12(11)16/h4-6,8-9,15-16H,7H2,1-3H3,(H,17,18). The number of phenols is 2. The molecule has 0 radical (unpaired) electrons. The number of rotatable bonds is 5. The van der Waals surface area contributed by atoms with Gasteiger partial charge in [-0.25, -0.2) is 0 Å². The maximum absolute atomic E-state index is 10.8. The van der Waals surface area contributed by atoms with E-state index in [1.54, 1.807) is 20.0 Å². The van der Waals surface area contributed by atoms with E-state index >= 15 is 0 Å². The summed E-state index contributed by atoms with van der Waals surface area (Å²) in [6.45, 7) is 3.90. The first kappa shape index (κ1) is 14.3. The van der Waals surface area contributed by atoms with Gasteiger partial charge in [-0.05, 0) is 20.0 Å². The first-order valence-electron chi connectivity index (χ1n) is 5.77. The molecule has 0 aliphatic heterocycles. The van der Waals surface area contributed by atoms with Crippen LogP contribution in [0.4, 0.5) is 0 Å². The molecule has 1 rings (SSSR count). The Morgan fingerprint density at radius 1 is 1.33 bits per heavy atom. The number of carbonyl (C=O) groups is 1. The molecule has 5 heteroatoms. The van der Waals surface area contributed by atoms with Gasteiger partial charge in [-0.3, -0.25) is 9.69 Å². The van der Waals surface area contributed by atoms with E-state index < -0.39 is 11.9 Å². The van der Waals surface area contributed by atoms with Crippen molar-refractivity contribution in [2.24, 2.45) is 5.92 Å². The van der Waals surface area contributed by atoms with Crippen LogP contribution >= 0.6 is 0 Å². The van der Waals surface area contributed by atoms with Crippen molar-refractivity contribution >= 4 is 5.97 Å². The third-order valence-corrected chi connectivity index (χ3v) is 3.11. The molecule has 1 aromatic carbocycles. The summed E-state index contributed by atoms with van der Waals surface area (Å²) in [6.07, 6.45) is 0. The Labute approximate surface area is 106 Å². The number of aromatic hydroxyl groups is 2. The van der Waals surface area contributed by atoms with Crippen molar-refractivity contribution < 1.29 is 20.1 Å². The zero-order valence-corrected chi connectivity index (χ0v) is 10.8. The molecule has 1 aromatic rings. The minimum absolute atomic E-state index is 0.00464. The van der Waals surface area contributed by atoms with E-state index in [2.05, 4.69) is 0 Å². The van der Waals surface area contributed by atoms with Crippen molar-refractivity contribution in [3.63, 3.8) is 0 Å². The first-order valence-corrected chi connectivity index (χ1v) is 5.77. The Hall–Kier alpha value is -1.75. The average molecular weight is 253 g/mol. The number of phenolic OH excluding ortho intramolecular Hbond substituents is 2. The number of hydrogen-bond donors (Lipinski definition) is 3. The molecule has 0 bridgehead atoms. The van der Waals surface area contributed by atoms with E-state index in [9.17, 15) is 15.0 Å². The Morgan fingerprint density at radius 3 is 2.44 bits per heavy atom. The van der Waals surface area contributed by atoms with Gasteiger partial charge in [0.15, 0.2) is 0 Å². The summed E-state index contributed by atoms with van der Waals surface area (Å²) in [5, 5.41) is 27.8. The third-order valence-electron chi connectivity index (χ3n) is 3.11. The van der Waals surface area contributed by atoms with Gasteiger partial charge >= 0.3 is 5.97 Å². The Kier molecular flexibility index (Phi) is 4.55. The van der Waals surface area contributed by atoms with Crippen LogP contribution in [-0.4, -0.2) is 39.8 Å². The number of aliphatic carboxylic acids is 1. The van der Waals surface area contributed by atoms with Crippen molar-refractivity contribution in [3.8, 4) is 11.5 Å². The molecule has 2 unspecified atom stereocenters. The van der Waals surface area contributed by atoms with Gasteiger partial charge < -0.3 is 15.3 Å². The van der Waals surface area contributed by atoms with Crippen LogP contribution in [0.15, 0.2) is 18.2 Å². The lowest BCUT2D eigenvalue weighted by molar-refractivity contribution is -0.141. The van der Waals surface area contributed by atoms with Crippen LogP contribution < -0.4 is 0 Å². The zero-order valence-electron chi connectivity index (χ0n) is 10.8. The van der Waals surface area contributed by atoms with Gasteiger partial charge in [-0.1, -0.05) is 13.0 Å². The van der Waals surface area contributed by atoms with Crippen LogP contribution in [0.25, 0.3) is 0 Å². The number of carboxylic acid groups (broad SMARTS) is 1. The van der Waals surface area contributed by atoms with Crippen LogP contribution in [0, 0.1) is 5.92 Å². The van der Waals surface area contributed by atoms with E-state index in [0.717, 1.165) is 0 Å². The summed E-state index contributed by atoms with van der Waals surface area (Å²) >= 11 is 0. The highest BCUT2D eigenvalue weighted by Crippen LogP contribution is 2.30. The molecule has 5 nitrogen and oxygen atoms in total. The molecule has 0 saturated heterocycles. The minimum atomic E-state index is -0.844. The number of nitrogens with zero attached hydrogens (tertiary/aromatic N) is 1. The normalized spacial score (nSPS) is 14.4. The summed E-state index contributed by atoms with van der Waals surface area (Å²) < 4.78 is 0. The molecule has 0 spiro atoms. The van der Waals surface area contributed by atoms with Gasteiger partial charge in [0.1, 0.15) is 11.5 Å². The molecular formula is C13H19NO4. The molecule has 0 aromatic heterocycles. The SMILES string of the molecule is CC(CN(C)C(C)c1ccc(O)cc1O)C(=O)O. The molecule has 3 N–H and O–H groups in total. The number of carboxylic acids is 1. The molecular weight excluding hydrogens is 234 g/mol. The second-order valence-electron chi connectivity index (χ2n) is 4.60. The maximum Gasteiger partial charge on any atom is 0.307 e. The topological polar surface area (TPSA) is 81.0 Å². The van der Waals surface area contributed by atoms with Crippen LogP contribution in [-0.2, 0) is 4.79 Å². The third kappa shape index (κ3) is 3.37. The van der Waals surface area contributed by atoms with E-state index in [-0.39, 0.29) is 17.5 Å². The lowest BCUT2D eigenvalue weighted by Crippen LogP contribution is -2.30. The van der Waals surface area contributed by atoms with Gasteiger partial charge in [-0.2, -0.15) is 0 Å². The van der Waals surface area contributed by atoms with Gasteiger partial charge in [0, 0.05) is 24.2 Å². The van der Waals surface area contributed by atoms with Crippen LogP contribution in [0.1, 0.15) is 25.5 Å². The lowest BCUT2D eigenvalue weighted by Gasteiger charge is -2.27. The summed E-state index contributed by atoms with van der Waals surface area (Å²) in [5.74, 6) is -1.30. The summed E-state index contributed by atoms with van der Waals surface area (Å²) in [5.41, 5.74) is 0.660. The summed E-state index contributed by atoms with van der Waals surface area (Å²) in [6, 6.07) is 4.28. The Morgan fingerprint density at radius 2 is 1.94 bits per heavy atom. The highest BCUT2D eigenvalue weighted by atomic mass is 16.4. The molecule has 0 heterocycles. The van der Waals surface area contributed by atoms with E-state index in [0.29, 0.717) is 12.1 Å². The molecule has 0 saturated carbocycles. The van der Waals surface area contributed by atoms with E-state index in [1.807, 2.05) is 11.8 Å². The molecule has 0 amide bonds. The first-order chi connectivity index (χ1) is 8.32. The van der Waals surface area contributed by atoms with Gasteiger partial charge in [0.25, 0.3) is 0 Å².